The summed E-state index contributed by atoms with van der Waals surface area (Å²) in [5.41, 5.74) is 1.22. The Balaban J connectivity index is 1.94. The quantitative estimate of drug-likeness (QED) is 0.630. The summed E-state index contributed by atoms with van der Waals surface area (Å²) in [6, 6.07) is 8.38. The number of benzene rings is 1. The van der Waals surface area contributed by atoms with Crippen molar-refractivity contribution >= 4 is 17.6 Å². The molecule has 1 aromatic carbocycles. The summed E-state index contributed by atoms with van der Waals surface area (Å²) in [7, 11) is 2.06. The average molecular weight is 353 g/mol. The molecular formula is C18H29ClN4O. The van der Waals surface area contributed by atoms with Crippen LogP contribution in [0.1, 0.15) is 19.4 Å². The Hall–Kier alpha value is -1.30. The van der Waals surface area contributed by atoms with Crippen LogP contribution in [0.25, 0.3) is 0 Å². The van der Waals surface area contributed by atoms with E-state index in [4.69, 9.17) is 21.3 Å². The van der Waals surface area contributed by atoms with Gasteiger partial charge in [-0.15, -0.1) is 0 Å². The maximum absolute atomic E-state index is 5.96. The Bertz CT molecular complexity index is 514. The molecule has 1 heterocycles. The van der Waals surface area contributed by atoms with Crippen molar-refractivity contribution in [3.8, 4) is 0 Å². The number of morpholine rings is 1. The lowest BCUT2D eigenvalue weighted by Gasteiger charge is -2.32. The number of nitrogens with zero attached hydrogens (tertiary/aromatic N) is 3. The monoisotopic (exact) mass is 352 g/mol. The first-order chi connectivity index (χ1) is 11.6. The Morgan fingerprint density at radius 2 is 2.00 bits per heavy atom. The van der Waals surface area contributed by atoms with Crippen molar-refractivity contribution in [1.29, 1.82) is 0 Å². The normalized spacial score (nSPS) is 17.6. The molecule has 1 N–H and O–H groups in total. The number of hydrogen-bond acceptors (Lipinski definition) is 3. The highest BCUT2D eigenvalue weighted by atomic mass is 35.5. The summed E-state index contributed by atoms with van der Waals surface area (Å²) in [5.74, 6) is 0.938. The van der Waals surface area contributed by atoms with E-state index in [1.807, 2.05) is 12.1 Å². The van der Waals surface area contributed by atoms with E-state index >= 15 is 0 Å². The molecule has 24 heavy (non-hydrogen) atoms. The van der Waals surface area contributed by atoms with Crippen LogP contribution in [0.5, 0.6) is 0 Å². The Morgan fingerprint density at radius 1 is 1.33 bits per heavy atom. The molecular weight excluding hydrogens is 324 g/mol. The molecule has 1 saturated heterocycles. The van der Waals surface area contributed by atoms with Crippen molar-refractivity contribution < 1.29 is 4.74 Å². The molecule has 0 saturated carbocycles. The van der Waals surface area contributed by atoms with Gasteiger partial charge in [0.05, 0.1) is 19.8 Å². The molecule has 0 aromatic heterocycles. The van der Waals surface area contributed by atoms with Crippen LogP contribution in [-0.4, -0.2) is 68.2 Å². The third-order valence-electron chi connectivity index (χ3n) is 4.20. The first-order valence-corrected chi connectivity index (χ1v) is 9.03. The first kappa shape index (κ1) is 19.0. The molecule has 1 aliphatic rings. The number of ether oxygens (including phenoxy) is 1. The van der Waals surface area contributed by atoms with Crippen molar-refractivity contribution in [1.82, 2.24) is 15.1 Å². The molecule has 6 heteroatoms. The summed E-state index contributed by atoms with van der Waals surface area (Å²) < 4.78 is 5.42. The van der Waals surface area contributed by atoms with Gasteiger partial charge in [0.15, 0.2) is 5.96 Å². The smallest absolute Gasteiger partial charge is 0.194 e. The van der Waals surface area contributed by atoms with Crippen LogP contribution in [0.15, 0.2) is 29.3 Å². The molecule has 1 fully saturated rings. The van der Waals surface area contributed by atoms with Crippen molar-refractivity contribution in [3.63, 3.8) is 0 Å². The number of nitrogens with one attached hydrogen (secondary N) is 1. The second-order valence-corrected chi connectivity index (χ2v) is 6.61. The second-order valence-electron chi connectivity index (χ2n) is 6.17. The summed E-state index contributed by atoms with van der Waals surface area (Å²) >= 11 is 5.96. The molecule has 1 unspecified atom stereocenters. The molecule has 0 bridgehead atoms. The third-order valence-corrected chi connectivity index (χ3v) is 4.46. The van der Waals surface area contributed by atoms with Gasteiger partial charge < -0.3 is 15.0 Å². The van der Waals surface area contributed by atoms with E-state index in [0.717, 1.165) is 56.9 Å². The van der Waals surface area contributed by atoms with Crippen LogP contribution in [0.2, 0.25) is 5.02 Å². The lowest BCUT2D eigenvalue weighted by atomic mass is 10.2. The topological polar surface area (TPSA) is 40.1 Å². The van der Waals surface area contributed by atoms with E-state index in [9.17, 15) is 0 Å². The van der Waals surface area contributed by atoms with Crippen molar-refractivity contribution in [2.24, 2.45) is 4.99 Å². The molecule has 0 spiro atoms. The number of hydrogen-bond donors (Lipinski definition) is 1. The van der Waals surface area contributed by atoms with Crippen molar-refractivity contribution in [2.75, 3.05) is 46.4 Å². The Labute approximate surface area is 150 Å². The van der Waals surface area contributed by atoms with Gasteiger partial charge in [-0.2, -0.15) is 0 Å². The Morgan fingerprint density at radius 3 is 2.62 bits per heavy atom. The summed E-state index contributed by atoms with van der Waals surface area (Å²) in [4.78, 5) is 9.42. The van der Waals surface area contributed by atoms with E-state index in [1.165, 1.54) is 5.56 Å². The molecule has 2 rings (SSSR count). The molecule has 1 atom stereocenters. The minimum Gasteiger partial charge on any atom is -0.379 e. The first-order valence-electron chi connectivity index (χ1n) is 8.66. The number of halogens is 1. The average Bonchev–Trinajstić information content (AvgIpc) is 2.61. The minimum absolute atomic E-state index is 0.423. The highest BCUT2D eigenvalue weighted by Gasteiger charge is 2.17. The SMILES string of the molecule is CCNC(=NCC(C)N1CCOCC1)N(C)Cc1ccc(Cl)cc1. The molecule has 0 aliphatic carbocycles. The maximum Gasteiger partial charge on any atom is 0.194 e. The van der Waals surface area contributed by atoms with Gasteiger partial charge in [0.2, 0.25) is 0 Å². The maximum atomic E-state index is 5.96. The second kappa shape index (κ2) is 9.87. The van der Waals surface area contributed by atoms with Gasteiger partial charge in [-0.1, -0.05) is 23.7 Å². The molecule has 0 radical (unpaired) electrons. The predicted molar refractivity (Wildman–Crippen MR) is 101 cm³/mol. The van der Waals surface area contributed by atoms with Crippen LogP contribution in [-0.2, 0) is 11.3 Å². The lowest BCUT2D eigenvalue weighted by molar-refractivity contribution is 0.0220. The van der Waals surface area contributed by atoms with Gasteiger partial charge in [-0.25, -0.2) is 0 Å². The zero-order valence-corrected chi connectivity index (χ0v) is 15.7. The molecule has 134 valence electrons. The van der Waals surface area contributed by atoms with E-state index < -0.39 is 0 Å². The van der Waals surface area contributed by atoms with E-state index in [-0.39, 0.29) is 0 Å². The van der Waals surface area contributed by atoms with Gasteiger partial charge in [0, 0.05) is 44.3 Å². The molecule has 5 nitrogen and oxygen atoms in total. The third kappa shape index (κ3) is 5.96. The molecule has 0 amide bonds. The number of rotatable bonds is 6. The zero-order chi connectivity index (χ0) is 17.4. The van der Waals surface area contributed by atoms with Crippen molar-refractivity contribution in [2.45, 2.75) is 26.4 Å². The van der Waals surface area contributed by atoms with Crippen molar-refractivity contribution in [3.05, 3.63) is 34.9 Å². The highest BCUT2D eigenvalue weighted by Crippen LogP contribution is 2.11. The highest BCUT2D eigenvalue weighted by molar-refractivity contribution is 6.30. The molecule has 1 aromatic rings. The van der Waals surface area contributed by atoms with Gasteiger partial charge in [0.25, 0.3) is 0 Å². The Kier molecular flexibility index (Phi) is 7.82. The van der Waals surface area contributed by atoms with Crippen LogP contribution in [0, 0.1) is 0 Å². The van der Waals surface area contributed by atoms with Gasteiger partial charge in [0.1, 0.15) is 0 Å². The lowest BCUT2D eigenvalue weighted by Crippen LogP contribution is -2.44. The van der Waals surface area contributed by atoms with Gasteiger partial charge in [-0.3, -0.25) is 9.89 Å². The number of guanidine groups is 1. The van der Waals surface area contributed by atoms with E-state index in [0.29, 0.717) is 6.04 Å². The van der Waals surface area contributed by atoms with Crippen LogP contribution < -0.4 is 5.32 Å². The predicted octanol–water partition coefficient (Wildman–Crippen LogP) is 2.46. The van der Waals surface area contributed by atoms with Gasteiger partial charge >= 0.3 is 0 Å². The largest absolute Gasteiger partial charge is 0.379 e. The summed E-state index contributed by atoms with van der Waals surface area (Å²) in [6.07, 6.45) is 0. The van der Waals surface area contributed by atoms with Crippen LogP contribution >= 0.6 is 11.6 Å². The minimum atomic E-state index is 0.423. The van der Waals surface area contributed by atoms with Crippen LogP contribution in [0.4, 0.5) is 0 Å². The van der Waals surface area contributed by atoms with E-state index in [1.54, 1.807) is 0 Å². The summed E-state index contributed by atoms with van der Waals surface area (Å²) in [5, 5.41) is 4.14. The van der Waals surface area contributed by atoms with Crippen LogP contribution in [0.3, 0.4) is 0 Å². The summed E-state index contributed by atoms with van der Waals surface area (Å²) in [6.45, 7) is 10.4. The van der Waals surface area contributed by atoms with E-state index in [2.05, 4.69) is 48.1 Å². The van der Waals surface area contributed by atoms with Gasteiger partial charge in [-0.05, 0) is 31.5 Å². The standard InChI is InChI=1S/C18H29ClN4O/c1-4-20-18(21-13-15(2)23-9-11-24-12-10-23)22(3)14-16-5-7-17(19)8-6-16/h5-8,15H,4,9-14H2,1-3H3,(H,20,21). The number of aliphatic imine (C=N–C) groups is 1. The molecule has 1 aliphatic heterocycles. The fraction of sp³-hybridized carbons (Fsp3) is 0.611. The fourth-order valence-corrected chi connectivity index (χ4v) is 2.89. The fourth-order valence-electron chi connectivity index (χ4n) is 2.76. The zero-order valence-electron chi connectivity index (χ0n) is 15.0.